The van der Waals surface area contributed by atoms with E-state index in [9.17, 15) is 18.3 Å². The van der Waals surface area contributed by atoms with Gasteiger partial charge < -0.3 is 16.2 Å². The van der Waals surface area contributed by atoms with E-state index in [1.165, 1.54) is 38.4 Å². The van der Waals surface area contributed by atoms with Gasteiger partial charge in [0.05, 0.1) is 11.6 Å². The molecule has 1 aliphatic carbocycles. The third-order valence-electron chi connectivity index (χ3n) is 6.34. The Morgan fingerprint density at radius 3 is 2.29 bits per heavy atom. The normalized spacial score (nSPS) is 23.1. The Labute approximate surface area is 183 Å². The Balaban J connectivity index is 0.000000391. The number of nitrogens with two attached hydrogens (primary N) is 1. The molecule has 4 N–H and O–H groups in total. The maximum absolute atomic E-state index is 12.9. The van der Waals surface area contributed by atoms with Gasteiger partial charge >= 0.3 is 6.18 Å². The van der Waals surface area contributed by atoms with Gasteiger partial charge in [-0.25, -0.2) is 0 Å². The first kappa shape index (κ1) is 23.7. The van der Waals surface area contributed by atoms with Crippen LogP contribution in [0, 0.1) is 0 Å². The van der Waals surface area contributed by atoms with E-state index in [0.717, 1.165) is 61.1 Å². The molecule has 1 aromatic carbocycles. The standard InChI is InChI=1S/C19H23F3N2O.C5H11N/c1-24-10-9-16(23)13-5-3-2-4-6-14(13)18(24)15-8-7-12(11-17(15)25)19(20,21)22;1-2-4-6-5-3-1/h7-9,11,18,25H,2-6,10,23H2,1H3;6H,1-5H2. The van der Waals surface area contributed by atoms with Crippen LogP contribution in [-0.4, -0.2) is 36.7 Å². The molecule has 172 valence electrons. The molecule has 4 nitrogen and oxygen atoms in total. The molecule has 0 saturated carbocycles. The van der Waals surface area contributed by atoms with Crippen molar-refractivity contribution >= 4 is 0 Å². The van der Waals surface area contributed by atoms with E-state index < -0.39 is 11.7 Å². The van der Waals surface area contributed by atoms with E-state index in [4.69, 9.17) is 5.73 Å². The predicted molar refractivity (Wildman–Crippen MR) is 118 cm³/mol. The molecule has 1 fully saturated rings. The Hall–Kier alpha value is -1.99. The summed E-state index contributed by atoms with van der Waals surface area (Å²) in [6, 6.07) is 3.01. The second-order valence-electron chi connectivity index (χ2n) is 8.65. The number of hydrogen-bond acceptors (Lipinski definition) is 4. The first-order chi connectivity index (χ1) is 14.8. The molecule has 2 aliphatic heterocycles. The van der Waals surface area contributed by atoms with E-state index in [0.29, 0.717) is 12.1 Å². The number of allylic oxidation sites excluding steroid dienone is 1. The number of nitrogens with zero attached hydrogens (tertiary/aromatic N) is 1. The summed E-state index contributed by atoms with van der Waals surface area (Å²) in [4.78, 5) is 2.03. The fraction of sp³-hybridized carbons (Fsp3) is 0.583. The Bertz CT molecular complexity index is 801. The molecule has 0 aromatic heterocycles. The Morgan fingerprint density at radius 2 is 1.71 bits per heavy atom. The van der Waals surface area contributed by atoms with Crippen LogP contribution < -0.4 is 11.1 Å². The number of rotatable bonds is 1. The summed E-state index contributed by atoms with van der Waals surface area (Å²) in [7, 11) is 1.91. The van der Waals surface area contributed by atoms with Crippen LogP contribution in [-0.2, 0) is 6.18 Å². The van der Waals surface area contributed by atoms with Crippen molar-refractivity contribution < 1.29 is 18.3 Å². The number of aromatic hydroxyl groups is 1. The molecule has 0 amide bonds. The molecule has 1 saturated heterocycles. The van der Waals surface area contributed by atoms with Gasteiger partial charge in [-0.05, 0) is 88.0 Å². The molecule has 1 unspecified atom stereocenters. The van der Waals surface area contributed by atoms with Gasteiger partial charge in [0, 0.05) is 17.8 Å². The SMILES string of the molecule is C1CCNCC1.CN1CC=C(N)C2=C(CCCCC2)C1c1ccc(C(F)(F)F)cc1O. The zero-order chi connectivity index (χ0) is 22.4. The van der Waals surface area contributed by atoms with E-state index in [-0.39, 0.29) is 11.8 Å². The number of alkyl halides is 3. The minimum atomic E-state index is -4.47. The highest BCUT2D eigenvalue weighted by molar-refractivity contribution is 5.47. The molecule has 31 heavy (non-hydrogen) atoms. The lowest BCUT2D eigenvalue weighted by molar-refractivity contribution is -0.137. The number of nitrogens with one attached hydrogen (secondary N) is 1. The number of halogens is 3. The van der Waals surface area contributed by atoms with Crippen molar-refractivity contribution in [3.8, 4) is 5.75 Å². The van der Waals surface area contributed by atoms with Crippen LogP contribution in [0.2, 0.25) is 0 Å². The second-order valence-corrected chi connectivity index (χ2v) is 8.65. The Morgan fingerprint density at radius 1 is 1.03 bits per heavy atom. The van der Waals surface area contributed by atoms with Gasteiger partial charge in [0.1, 0.15) is 5.75 Å². The summed E-state index contributed by atoms with van der Waals surface area (Å²) < 4.78 is 38.7. The molecular weight excluding hydrogens is 403 g/mol. The maximum Gasteiger partial charge on any atom is 0.416 e. The predicted octanol–water partition coefficient (Wildman–Crippen LogP) is 5.26. The average molecular weight is 438 g/mol. The van der Waals surface area contributed by atoms with Crippen molar-refractivity contribution in [1.29, 1.82) is 0 Å². The molecule has 0 radical (unpaired) electrons. The van der Waals surface area contributed by atoms with Crippen molar-refractivity contribution in [2.75, 3.05) is 26.7 Å². The zero-order valence-corrected chi connectivity index (χ0v) is 18.3. The van der Waals surface area contributed by atoms with Crippen molar-refractivity contribution in [1.82, 2.24) is 10.2 Å². The van der Waals surface area contributed by atoms with Gasteiger partial charge in [-0.3, -0.25) is 4.90 Å². The van der Waals surface area contributed by atoms with Gasteiger partial charge in [-0.2, -0.15) is 13.2 Å². The third kappa shape index (κ3) is 6.04. The van der Waals surface area contributed by atoms with Crippen LogP contribution in [0.3, 0.4) is 0 Å². The van der Waals surface area contributed by atoms with Gasteiger partial charge in [0.25, 0.3) is 0 Å². The number of likely N-dealkylation sites (N-methyl/N-ethyl adjacent to an activating group) is 1. The molecule has 0 bridgehead atoms. The van der Waals surface area contributed by atoms with E-state index in [2.05, 4.69) is 5.32 Å². The summed E-state index contributed by atoms with van der Waals surface area (Å²) >= 11 is 0. The highest BCUT2D eigenvalue weighted by Crippen LogP contribution is 2.43. The third-order valence-corrected chi connectivity index (χ3v) is 6.34. The van der Waals surface area contributed by atoms with Crippen LogP contribution in [0.5, 0.6) is 5.75 Å². The zero-order valence-electron chi connectivity index (χ0n) is 18.3. The number of piperidine rings is 1. The number of benzene rings is 1. The summed E-state index contributed by atoms with van der Waals surface area (Å²) in [6.45, 7) is 3.09. The lowest BCUT2D eigenvalue weighted by atomic mass is 9.89. The van der Waals surface area contributed by atoms with Crippen molar-refractivity contribution in [2.45, 2.75) is 63.6 Å². The summed E-state index contributed by atoms with van der Waals surface area (Å²) in [5, 5.41) is 13.6. The molecule has 0 spiro atoms. The smallest absolute Gasteiger partial charge is 0.416 e. The van der Waals surface area contributed by atoms with Crippen LogP contribution in [0.1, 0.15) is 68.5 Å². The van der Waals surface area contributed by atoms with Crippen LogP contribution in [0.15, 0.2) is 41.1 Å². The second kappa shape index (κ2) is 10.6. The summed E-state index contributed by atoms with van der Waals surface area (Å²) in [5.41, 5.74) is 8.91. The first-order valence-corrected chi connectivity index (χ1v) is 11.3. The Kier molecular flexibility index (Phi) is 8.06. The monoisotopic (exact) mass is 437 g/mol. The minimum absolute atomic E-state index is 0.257. The number of phenols is 1. The molecule has 2 heterocycles. The lowest BCUT2D eigenvalue weighted by Gasteiger charge is -2.30. The van der Waals surface area contributed by atoms with Crippen LogP contribution >= 0.6 is 0 Å². The van der Waals surface area contributed by atoms with Gasteiger partial charge in [-0.1, -0.05) is 18.9 Å². The fourth-order valence-corrected chi connectivity index (χ4v) is 4.65. The number of phenolic OH excluding ortho intramolecular Hbond substituents is 1. The molecular formula is C24H34F3N3O. The van der Waals surface area contributed by atoms with Crippen LogP contribution in [0.25, 0.3) is 0 Å². The molecule has 7 heteroatoms. The lowest BCUT2D eigenvalue weighted by Crippen LogP contribution is -2.26. The highest BCUT2D eigenvalue weighted by atomic mass is 19.4. The molecule has 3 aliphatic rings. The van der Waals surface area contributed by atoms with Crippen LogP contribution in [0.4, 0.5) is 13.2 Å². The highest BCUT2D eigenvalue weighted by Gasteiger charge is 2.34. The minimum Gasteiger partial charge on any atom is -0.508 e. The van der Waals surface area contributed by atoms with E-state index >= 15 is 0 Å². The number of hydrogen-bond donors (Lipinski definition) is 3. The summed E-state index contributed by atoms with van der Waals surface area (Å²) in [5.74, 6) is -0.316. The van der Waals surface area contributed by atoms with Gasteiger partial charge in [-0.15, -0.1) is 0 Å². The molecule has 1 atom stereocenters. The van der Waals surface area contributed by atoms with Gasteiger partial charge in [0.2, 0.25) is 0 Å². The van der Waals surface area contributed by atoms with Crippen molar-refractivity contribution in [3.05, 3.63) is 52.2 Å². The quantitative estimate of drug-likeness (QED) is 0.561. The fourth-order valence-electron chi connectivity index (χ4n) is 4.65. The van der Waals surface area contributed by atoms with Crippen molar-refractivity contribution in [3.63, 3.8) is 0 Å². The molecule has 1 aromatic rings. The van der Waals surface area contributed by atoms with Gasteiger partial charge in [0.15, 0.2) is 0 Å². The maximum atomic E-state index is 12.9. The van der Waals surface area contributed by atoms with E-state index in [1.807, 2.05) is 18.0 Å². The summed E-state index contributed by atoms with van der Waals surface area (Å²) in [6.07, 6.45) is 6.62. The topological polar surface area (TPSA) is 61.5 Å². The average Bonchev–Trinajstić information content (AvgIpc) is 3.05. The molecule has 4 rings (SSSR count). The van der Waals surface area contributed by atoms with Crippen molar-refractivity contribution in [2.24, 2.45) is 5.73 Å². The van der Waals surface area contributed by atoms with E-state index in [1.54, 1.807) is 0 Å². The largest absolute Gasteiger partial charge is 0.508 e. The first-order valence-electron chi connectivity index (χ1n) is 11.3.